The fourth-order valence-corrected chi connectivity index (χ4v) is 4.74. The third-order valence-corrected chi connectivity index (χ3v) is 6.01. The predicted octanol–water partition coefficient (Wildman–Crippen LogP) is 3.40. The molecule has 29 heavy (non-hydrogen) atoms. The van der Waals surface area contributed by atoms with Crippen LogP contribution in [0.4, 0.5) is 0 Å². The van der Waals surface area contributed by atoms with Gasteiger partial charge in [-0.15, -0.1) is 11.3 Å². The number of ether oxygens (including phenoxy) is 3. The first-order valence-electron chi connectivity index (χ1n) is 9.62. The average Bonchev–Trinajstić information content (AvgIpc) is 3.11. The molecule has 0 bridgehead atoms. The van der Waals surface area contributed by atoms with Crippen LogP contribution in [0.3, 0.4) is 0 Å². The minimum absolute atomic E-state index is 0.0668. The lowest BCUT2D eigenvalue weighted by Crippen LogP contribution is -2.18. The van der Waals surface area contributed by atoms with Gasteiger partial charge in [-0.1, -0.05) is 0 Å². The monoisotopic (exact) mass is 414 g/mol. The summed E-state index contributed by atoms with van der Waals surface area (Å²) in [6.45, 7) is 2.30. The molecule has 3 aromatic rings. The van der Waals surface area contributed by atoms with Gasteiger partial charge >= 0.3 is 5.97 Å². The van der Waals surface area contributed by atoms with Gasteiger partial charge in [0.25, 0.3) is 5.56 Å². The van der Waals surface area contributed by atoms with E-state index in [1.807, 2.05) is 6.92 Å². The molecular formula is C21H22N2O5S. The van der Waals surface area contributed by atoms with E-state index in [0.29, 0.717) is 34.3 Å². The van der Waals surface area contributed by atoms with Crippen LogP contribution in [-0.4, -0.2) is 29.1 Å². The van der Waals surface area contributed by atoms with E-state index in [-0.39, 0.29) is 12.2 Å². The van der Waals surface area contributed by atoms with Crippen LogP contribution in [0.15, 0.2) is 29.1 Å². The zero-order valence-electron chi connectivity index (χ0n) is 16.4. The van der Waals surface area contributed by atoms with Crippen molar-refractivity contribution >= 4 is 22.3 Å². The van der Waals surface area contributed by atoms with Crippen molar-refractivity contribution in [1.29, 1.82) is 0 Å². The summed E-state index contributed by atoms with van der Waals surface area (Å²) in [5.41, 5.74) is 1.75. The number of esters is 1. The van der Waals surface area contributed by atoms with Gasteiger partial charge in [0.1, 0.15) is 6.61 Å². The van der Waals surface area contributed by atoms with E-state index in [1.165, 1.54) is 18.1 Å². The lowest BCUT2D eigenvalue weighted by molar-refractivity contribution is 0.0467. The number of aryl methyl sites for hydroxylation is 2. The van der Waals surface area contributed by atoms with E-state index in [0.717, 1.165) is 31.4 Å². The molecule has 1 aliphatic rings. The normalized spacial score (nSPS) is 13.2. The molecule has 0 saturated carbocycles. The van der Waals surface area contributed by atoms with Crippen molar-refractivity contribution in [3.05, 3.63) is 56.4 Å². The van der Waals surface area contributed by atoms with Crippen molar-refractivity contribution in [2.45, 2.75) is 39.2 Å². The average molecular weight is 414 g/mol. The summed E-state index contributed by atoms with van der Waals surface area (Å²) < 4.78 is 17.8. The molecule has 0 amide bonds. The number of rotatable bonds is 6. The summed E-state index contributed by atoms with van der Waals surface area (Å²) in [5.74, 6) is 0.510. The molecule has 0 saturated heterocycles. The van der Waals surface area contributed by atoms with Crippen LogP contribution >= 0.6 is 11.3 Å². The number of benzene rings is 1. The minimum atomic E-state index is -0.515. The second-order valence-corrected chi connectivity index (χ2v) is 7.82. The fourth-order valence-electron chi connectivity index (χ4n) is 3.51. The highest BCUT2D eigenvalue weighted by molar-refractivity contribution is 7.17. The number of hydrogen-bond acceptors (Lipinski definition) is 7. The van der Waals surface area contributed by atoms with Crippen molar-refractivity contribution in [2.75, 3.05) is 13.7 Å². The minimum Gasteiger partial charge on any atom is -0.493 e. The predicted molar refractivity (Wildman–Crippen MR) is 109 cm³/mol. The second-order valence-electron chi connectivity index (χ2n) is 6.76. The summed E-state index contributed by atoms with van der Waals surface area (Å²) in [4.78, 5) is 31.5. The maximum Gasteiger partial charge on any atom is 0.338 e. The first-order chi connectivity index (χ1) is 14.1. The van der Waals surface area contributed by atoms with Gasteiger partial charge in [0, 0.05) is 16.6 Å². The number of methoxy groups -OCH3 is 1. The van der Waals surface area contributed by atoms with E-state index < -0.39 is 5.97 Å². The molecule has 0 aliphatic heterocycles. The van der Waals surface area contributed by atoms with Crippen molar-refractivity contribution in [3.63, 3.8) is 0 Å². The van der Waals surface area contributed by atoms with Crippen molar-refractivity contribution in [1.82, 2.24) is 9.38 Å². The van der Waals surface area contributed by atoms with Gasteiger partial charge in [0.15, 0.2) is 16.5 Å². The molecule has 152 valence electrons. The zero-order chi connectivity index (χ0) is 20.4. The van der Waals surface area contributed by atoms with E-state index in [9.17, 15) is 9.59 Å². The Morgan fingerprint density at radius 3 is 2.83 bits per heavy atom. The molecule has 1 aromatic carbocycles. The topological polar surface area (TPSA) is 79.1 Å². The molecule has 0 N–H and O–H groups in total. The smallest absolute Gasteiger partial charge is 0.338 e. The van der Waals surface area contributed by atoms with Crippen LogP contribution in [0.2, 0.25) is 0 Å². The molecule has 4 rings (SSSR count). The molecule has 0 atom stereocenters. The van der Waals surface area contributed by atoms with Crippen LogP contribution in [0, 0.1) is 0 Å². The standard InChI is InChI=1S/C21H22N2O5S/c1-3-27-16-9-8-13(10-17(16)26-2)20(25)28-12-14-11-19(24)23-15-6-4-5-7-18(15)29-21(23)22-14/h8-11H,3-7,12H2,1-2H3. The van der Waals surface area contributed by atoms with Crippen LogP contribution in [0.1, 0.15) is 46.4 Å². The van der Waals surface area contributed by atoms with Gasteiger partial charge in [-0.2, -0.15) is 0 Å². The lowest BCUT2D eigenvalue weighted by Gasteiger charge is -2.11. The second kappa shape index (κ2) is 8.24. The number of hydrogen-bond donors (Lipinski definition) is 0. The quantitative estimate of drug-likeness (QED) is 0.575. The van der Waals surface area contributed by atoms with Crippen molar-refractivity contribution < 1.29 is 19.0 Å². The summed E-state index contributed by atoms with van der Waals surface area (Å²) >= 11 is 1.55. The maximum absolute atomic E-state index is 12.6. The van der Waals surface area contributed by atoms with E-state index >= 15 is 0 Å². The number of carbonyl (C=O) groups is 1. The van der Waals surface area contributed by atoms with Crippen molar-refractivity contribution in [3.8, 4) is 11.5 Å². The van der Waals surface area contributed by atoms with Crippen molar-refractivity contribution in [2.24, 2.45) is 0 Å². The summed E-state index contributed by atoms with van der Waals surface area (Å²) in [6.07, 6.45) is 4.14. The van der Waals surface area contributed by atoms with Gasteiger partial charge in [-0.25, -0.2) is 9.78 Å². The zero-order valence-corrected chi connectivity index (χ0v) is 17.2. The van der Waals surface area contributed by atoms with Crippen LogP contribution < -0.4 is 15.0 Å². The summed E-state index contributed by atoms with van der Waals surface area (Å²) in [7, 11) is 1.51. The molecule has 0 radical (unpaired) electrons. The third-order valence-electron chi connectivity index (χ3n) is 4.87. The largest absolute Gasteiger partial charge is 0.493 e. The SMILES string of the molecule is CCOc1ccc(C(=O)OCc2cc(=O)n3c4c(sc3n2)CCCC4)cc1OC. The Kier molecular flexibility index (Phi) is 5.53. The van der Waals surface area contributed by atoms with Gasteiger partial charge < -0.3 is 14.2 Å². The Labute approximate surface area is 171 Å². The van der Waals surface area contributed by atoms with Crippen LogP contribution in [0.25, 0.3) is 4.96 Å². The van der Waals surface area contributed by atoms with E-state index in [1.54, 1.807) is 33.9 Å². The highest BCUT2D eigenvalue weighted by Crippen LogP contribution is 2.29. The molecule has 7 nitrogen and oxygen atoms in total. The molecule has 1 aliphatic carbocycles. The van der Waals surface area contributed by atoms with Gasteiger partial charge in [0.05, 0.1) is 25.0 Å². The summed E-state index contributed by atoms with van der Waals surface area (Å²) in [6, 6.07) is 6.31. The van der Waals surface area contributed by atoms with Crippen LogP contribution in [0.5, 0.6) is 11.5 Å². The molecule has 2 heterocycles. The molecule has 2 aromatic heterocycles. The molecule has 8 heteroatoms. The first-order valence-corrected chi connectivity index (χ1v) is 10.4. The van der Waals surface area contributed by atoms with Gasteiger partial charge in [0.2, 0.25) is 0 Å². The van der Waals surface area contributed by atoms with E-state index in [2.05, 4.69) is 4.98 Å². The number of fused-ring (bicyclic) bond motifs is 3. The van der Waals surface area contributed by atoms with Gasteiger partial charge in [-0.05, 0) is 50.8 Å². The third kappa shape index (κ3) is 3.85. The molecular weight excluding hydrogens is 392 g/mol. The van der Waals surface area contributed by atoms with Crippen LogP contribution in [-0.2, 0) is 24.2 Å². The number of aromatic nitrogens is 2. The number of thiazole rings is 1. The molecule has 0 unspecified atom stereocenters. The molecule has 0 fully saturated rings. The van der Waals surface area contributed by atoms with Gasteiger partial charge in [-0.3, -0.25) is 9.20 Å². The number of carbonyl (C=O) groups excluding carboxylic acids is 1. The highest BCUT2D eigenvalue weighted by atomic mass is 32.1. The first kappa shape index (κ1) is 19.4. The molecule has 0 spiro atoms. The fraction of sp³-hybridized carbons (Fsp3) is 0.381. The Bertz CT molecular complexity index is 1120. The Morgan fingerprint density at radius 2 is 2.03 bits per heavy atom. The highest BCUT2D eigenvalue weighted by Gasteiger charge is 2.19. The number of nitrogens with zero attached hydrogens (tertiary/aromatic N) is 2. The maximum atomic E-state index is 12.6. The lowest BCUT2D eigenvalue weighted by atomic mass is 10.0. The van der Waals surface area contributed by atoms with E-state index in [4.69, 9.17) is 14.2 Å². The Morgan fingerprint density at radius 1 is 1.21 bits per heavy atom. The summed E-state index contributed by atoms with van der Waals surface area (Å²) in [5, 5.41) is 0. The Balaban J connectivity index is 1.52. The Hall–Kier alpha value is -2.87.